The zero-order valence-corrected chi connectivity index (χ0v) is 16.4. The summed E-state index contributed by atoms with van der Waals surface area (Å²) in [4.78, 5) is 32.3. The van der Waals surface area contributed by atoms with Gasteiger partial charge in [0.1, 0.15) is 0 Å². The van der Waals surface area contributed by atoms with Crippen molar-refractivity contribution in [3.05, 3.63) is 28.8 Å². The number of benzene rings is 1. The fraction of sp³-hybridized carbons (Fsp3) is 0.526. The van der Waals surface area contributed by atoms with Crippen molar-refractivity contribution in [2.45, 2.75) is 32.2 Å². The van der Waals surface area contributed by atoms with E-state index in [1.165, 1.54) is 0 Å². The second-order valence-corrected chi connectivity index (χ2v) is 8.52. The summed E-state index contributed by atoms with van der Waals surface area (Å²) in [5.74, 6) is -1.11. The number of primary amides is 1. The topological polar surface area (TPSA) is 79.5 Å². The number of aromatic nitrogens is 1. The van der Waals surface area contributed by atoms with Gasteiger partial charge in [0.2, 0.25) is 0 Å². The predicted octanol–water partition coefficient (Wildman–Crippen LogP) is 2.19. The molecule has 1 aromatic carbocycles. The minimum atomic E-state index is -0.884. The van der Waals surface area contributed by atoms with Gasteiger partial charge in [-0.25, -0.2) is 4.98 Å². The van der Waals surface area contributed by atoms with E-state index >= 15 is 0 Å². The summed E-state index contributed by atoms with van der Waals surface area (Å²) in [5, 5.41) is 1.12. The molecule has 1 fully saturated rings. The summed E-state index contributed by atoms with van der Waals surface area (Å²) >= 11 is 1.71. The Morgan fingerprint density at radius 3 is 2.81 bits per heavy atom. The second kappa shape index (κ2) is 7.72. The van der Waals surface area contributed by atoms with E-state index in [2.05, 4.69) is 44.1 Å². The molecule has 6 nitrogen and oxygen atoms in total. The number of nitrogens with two attached hydrogens (primary N) is 1. The average Bonchev–Trinajstić information content (AvgIpc) is 3.01. The lowest BCUT2D eigenvalue weighted by atomic mass is 9.89. The molecule has 1 aromatic heterocycles. The molecular weight excluding hydrogens is 348 g/mol. The Morgan fingerprint density at radius 2 is 2.12 bits per heavy atom. The summed E-state index contributed by atoms with van der Waals surface area (Å²) in [7, 11) is 4.11. The summed E-state index contributed by atoms with van der Waals surface area (Å²) < 4.78 is 1.15. The largest absolute Gasteiger partial charge is 0.361 e. The molecule has 0 aliphatic carbocycles. The Kier molecular flexibility index (Phi) is 5.58. The third-order valence-electron chi connectivity index (χ3n) is 4.90. The molecule has 2 aromatic rings. The Balaban J connectivity index is 1.87. The van der Waals surface area contributed by atoms with Crippen molar-refractivity contribution in [3.8, 4) is 0 Å². The molecule has 1 aliphatic heterocycles. The van der Waals surface area contributed by atoms with Gasteiger partial charge in [-0.05, 0) is 50.6 Å². The molecule has 3 rings (SSSR count). The van der Waals surface area contributed by atoms with Gasteiger partial charge in [-0.2, -0.15) is 0 Å². The van der Waals surface area contributed by atoms with Crippen molar-refractivity contribution in [2.75, 3.05) is 27.2 Å². The van der Waals surface area contributed by atoms with E-state index in [9.17, 15) is 9.59 Å². The minimum absolute atomic E-state index is 0.109. The first-order valence-corrected chi connectivity index (χ1v) is 9.81. The highest BCUT2D eigenvalue weighted by atomic mass is 32.1. The summed E-state index contributed by atoms with van der Waals surface area (Å²) in [6.07, 6.45) is 2.79. The van der Waals surface area contributed by atoms with Crippen molar-refractivity contribution >= 4 is 33.4 Å². The maximum absolute atomic E-state index is 12.3. The highest BCUT2D eigenvalue weighted by Crippen LogP contribution is 2.35. The second-order valence-electron chi connectivity index (χ2n) is 7.41. The van der Waals surface area contributed by atoms with E-state index in [1.54, 1.807) is 16.2 Å². The van der Waals surface area contributed by atoms with Crippen LogP contribution in [0.5, 0.6) is 0 Å². The van der Waals surface area contributed by atoms with Crippen LogP contribution in [0, 0.1) is 5.92 Å². The van der Waals surface area contributed by atoms with E-state index in [0.29, 0.717) is 12.5 Å². The summed E-state index contributed by atoms with van der Waals surface area (Å²) in [6, 6.07) is 6.08. The van der Waals surface area contributed by atoms with E-state index in [4.69, 9.17) is 10.7 Å². The fourth-order valence-electron chi connectivity index (χ4n) is 3.49. The SMILES string of the molecule is C[C@@H]1CC[C@@H](c2ccc3sc(CCN(C)C)nc3c2)N(C(=O)C(N)=O)C1. The number of likely N-dealkylation sites (tertiary alicyclic amines) is 1. The Bertz CT molecular complexity index is 817. The van der Waals surface area contributed by atoms with Gasteiger partial charge in [-0.1, -0.05) is 13.0 Å². The van der Waals surface area contributed by atoms with Gasteiger partial charge in [0.05, 0.1) is 21.3 Å². The van der Waals surface area contributed by atoms with Crippen LogP contribution in [0.25, 0.3) is 10.2 Å². The molecule has 0 spiro atoms. The van der Waals surface area contributed by atoms with Gasteiger partial charge < -0.3 is 15.5 Å². The molecule has 26 heavy (non-hydrogen) atoms. The molecule has 0 radical (unpaired) electrons. The third-order valence-corrected chi connectivity index (χ3v) is 6.00. The normalized spacial score (nSPS) is 20.7. The highest BCUT2D eigenvalue weighted by molar-refractivity contribution is 7.18. The van der Waals surface area contributed by atoms with Crippen LogP contribution in [-0.4, -0.2) is 53.8 Å². The maximum Gasteiger partial charge on any atom is 0.312 e. The van der Waals surface area contributed by atoms with Crippen molar-refractivity contribution in [2.24, 2.45) is 11.7 Å². The lowest BCUT2D eigenvalue weighted by molar-refractivity contribution is -0.147. The molecule has 0 bridgehead atoms. The quantitative estimate of drug-likeness (QED) is 0.832. The summed E-state index contributed by atoms with van der Waals surface area (Å²) in [5.41, 5.74) is 7.25. The number of hydrogen-bond donors (Lipinski definition) is 1. The van der Waals surface area contributed by atoms with Crippen LogP contribution in [0.1, 0.15) is 36.4 Å². The number of piperidine rings is 1. The van der Waals surface area contributed by atoms with E-state index in [1.807, 2.05) is 0 Å². The van der Waals surface area contributed by atoms with Crippen LogP contribution >= 0.6 is 11.3 Å². The molecular formula is C19H26N4O2S. The molecule has 0 saturated carbocycles. The number of carbonyl (C=O) groups excluding carboxylic acids is 2. The van der Waals surface area contributed by atoms with Gasteiger partial charge >= 0.3 is 11.8 Å². The Morgan fingerprint density at radius 1 is 1.35 bits per heavy atom. The molecule has 2 amide bonds. The monoisotopic (exact) mass is 374 g/mol. The summed E-state index contributed by atoms with van der Waals surface area (Å²) in [6.45, 7) is 3.63. The number of carbonyl (C=O) groups is 2. The fourth-order valence-corrected chi connectivity index (χ4v) is 4.43. The maximum atomic E-state index is 12.3. The van der Waals surface area contributed by atoms with E-state index in [0.717, 1.165) is 46.6 Å². The number of rotatable bonds is 4. The number of nitrogens with zero attached hydrogens (tertiary/aromatic N) is 3. The van der Waals surface area contributed by atoms with Crippen LogP contribution in [0.15, 0.2) is 18.2 Å². The van der Waals surface area contributed by atoms with Crippen LogP contribution in [0.3, 0.4) is 0 Å². The molecule has 140 valence electrons. The Labute approximate surface area is 158 Å². The minimum Gasteiger partial charge on any atom is -0.361 e. The standard InChI is InChI=1S/C19H26N4O2S/c1-12-4-6-15(23(11-12)19(25)18(20)24)13-5-7-16-14(10-13)21-17(26-16)8-9-22(2)3/h5,7,10,12,15H,4,6,8-9,11H2,1-3H3,(H2,20,24)/t12-,15+/m1/s1. The smallest absolute Gasteiger partial charge is 0.312 e. The van der Waals surface area contributed by atoms with E-state index in [-0.39, 0.29) is 6.04 Å². The van der Waals surface area contributed by atoms with Crippen molar-refractivity contribution in [3.63, 3.8) is 0 Å². The zero-order chi connectivity index (χ0) is 18.8. The first-order valence-electron chi connectivity index (χ1n) is 8.99. The lowest BCUT2D eigenvalue weighted by Crippen LogP contribution is -2.46. The van der Waals surface area contributed by atoms with Crippen molar-refractivity contribution in [1.82, 2.24) is 14.8 Å². The molecule has 2 N–H and O–H groups in total. The lowest BCUT2D eigenvalue weighted by Gasteiger charge is -2.38. The molecule has 0 unspecified atom stereocenters. The van der Waals surface area contributed by atoms with Crippen LogP contribution in [0.4, 0.5) is 0 Å². The molecule has 7 heteroatoms. The molecule has 1 aliphatic rings. The molecule has 2 heterocycles. The predicted molar refractivity (Wildman–Crippen MR) is 104 cm³/mol. The van der Waals surface area contributed by atoms with Crippen LogP contribution in [-0.2, 0) is 16.0 Å². The van der Waals surface area contributed by atoms with E-state index < -0.39 is 11.8 Å². The number of hydrogen-bond acceptors (Lipinski definition) is 5. The van der Waals surface area contributed by atoms with Crippen LogP contribution in [0.2, 0.25) is 0 Å². The third kappa shape index (κ3) is 4.04. The first kappa shape index (κ1) is 18.8. The van der Waals surface area contributed by atoms with Gasteiger partial charge in [-0.15, -0.1) is 11.3 Å². The number of amides is 2. The van der Waals surface area contributed by atoms with Crippen molar-refractivity contribution in [1.29, 1.82) is 0 Å². The molecule has 1 saturated heterocycles. The van der Waals surface area contributed by atoms with Crippen molar-refractivity contribution < 1.29 is 9.59 Å². The van der Waals surface area contributed by atoms with Gasteiger partial charge in [0, 0.05) is 19.5 Å². The molecule has 2 atom stereocenters. The first-order chi connectivity index (χ1) is 12.3. The van der Waals surface area contributed by atoms with Crippen LogP contribution < -0.4 is 5.73 Å². The number of thiazole rings is 1. The van der Waals surface area contributed by atoms with Gasteiger partial charge in [0.15, 0.2) is 0 Å². The number of fused-ring (bicyclic) bond motifs is 1. The number of likely N-dealkylation sites (N-methyl/N-ethyl adjacent to an activating group) is 1. The zero-order valence-electron chi connectivity index (χ0n) is 15.6. The average molecular weight is 375 g/mol. The van der Waals surface area contributed by atoms with Gasteiger partial charge in [-0.3, -0.25) is 9.59 Å². The Hall–Kier alpha value is -1.99. The van der Waals surface area contributed by atoms with Gasteiger partial charge in [0.25, 0.3) is 0 Å². The highest BCUT2D eigenvalue weighted by Gasteiger charge is 2.33.